The number of phenols is 1. The van der Waals surface area contributed by atoms with Crippen LogP contribution in [0, 0.1) is 20.8 Å². The van der Waals surface area contributed by atoms with Crippen molar-refractivity contribution in [2.45, 2.75) is 33.7 Å². The lowest BCUT2D eigenvalue weighted by molar-refractivity contribution is 0.462. The number of aromatic hydroxyl groups is 1. The standard InChI is InChI=1S/C18H23NO/c1-12-6-8-17(14(3)10-12)19(5)15(4)16-11-13(2)7-9-18(16)20/h6-11,15,20H,1-5H3. The number of aryl methyl sites for hydroxylation is 3. The molecule has 0 saturated carbocycles. The normalized spacial score (nSPS) is 12.2. The molecule has 0 bridgehead atoms. The van der Waals surface area contributed by atoms with E-state index in [1.165, 1.54) is 22.4 Å². The maximum Gasteiger partial charge on any atom is 0.120 e. The zero-order valence-corrected chi connectivity index (χ0v) is 12.9. The molecule has 106 valence electrons. The van der Waals surface area contributed by atoms with Crippen LogP contribution in [-0.4, -0.2) is 12.2 Å². The van der Waals surface area contributed by atoms with Crippen LogP contribution in [0.5, 0.6) is 5.75 Å². The molecule has 2 aromatic carbocycles. The van der Waals surface area contributed by atoms with E-state index in [0.717, 1.165) is 5.56 Å². The first-order valence-electron chi connectivity index (χ1n) is 6.99. The van der Waals surface area contributed by atoms with Gasteiger partial charge in [-0.25, -0.2) is 0 Å². The molecule has 0 aliphatic heterocycles. The van der Waals surface area contributed by atoms with E-state index in [0.29, 0.717) is 5.75 Å². The van der Waals surface area contributed by atoms with Gasteiger partial charge in [-0.05, 0) is 45.4 Å². The molecule has 0 saturated heterocycles. The maximum atomic E-state index is 10.1. The van der Waals surface area contributed by atoms with Crippen LogP contribution in [0.25, 0.3) is 0 Å². The Hall–Kier alpha value is -1.96. The molecular weight excluding hydrogens is 246 g/mol. The van der Waals surface area contributed by atoms with Crippen molar-refractivity contribution in [3.8, 4) is 5.75 Å². The molecule has 0 fully saturated rings. The first-order valence-corrected chi connectivity index (χ1v) is 6.99. The van der Waals surface area contributed by atoms with Gasteiger partial charge in [0.05, 0.1) is 6.04 Å². The molecule has 0 aliphatic rings. The van der Waals surface area contributed by atoms with Crippen molar-refractivity contribution in [2.24, 2.45) is 0 Å². The van der Waals surface area contributed by atoms with E-state index in [-0.39, 0.29) is 6.04 Å². The minimum atomic E-state index is 0.122. The van der Waals surface area contributed by atoms with Crippen LogP contribution in [0.2, 0.25) is 0 Å². The molecule has 1 N–H and O–H groups in total. The third-order valence-electron chi connectivity index (χ3n) is 3.95. The summed E-state index contributed by atoms with van der Waals surface area (Å²) in [6.45, 7) is 8.40. The van der Waals surface area contributed by atoms with Crippen molar-refractivity contribution >= 4 is 5.69 Å². The third kappa shape index (κ3) is 2.79. The van der Waals surface area contributed by atoms with E-state index >= 15 is 0 Å². The predicted octanol–water partition coefficient (Wildman–Crippen LogP) is 4.51. The molecule has 0 amide bonds. The van der Waals surface area contributed by atoms with Gasteiger partial charge in [0.2, 0.25) is 0 Å². The van der Waals surface area contributed by atoms with Gasteiger partial charge in [0.25, 0.3) is 0 Å². The lowest BCUT2D eigenvalue weighted by Gasteiger charge is -2.29. The van der Waals surface area contributed by atoms with E-state index in [4.69, 9.17) is 0 Å². The Kier molecular flexibility index (Phi) is 4.03. The molecule has 20 heavy (non-hydrogen) atoms. The molecule has 2 nitrogen and oxygen atoms in total. The number of phenolic OH excluding ortho intramolecular Hbond substituents is 1. The smallest absolute Gasteiger partial charge is 0.120 e. The molecule has 2 heteroatoms. The fraction of sp³-hybridized carbons (Fsp3) is 0.333. The number of benzene rings is 2. The quantitative estimate of drug-likeness (QED) is 0.886. The summed E-state index contributed by atoms with van der Waals surface area (Å²) >= 11 is 0. The fourth-order valence-corrected chi connectivity index (χ4v) is 2.63. The summed E-state index contributed by atoms with van der Waals surface area (Å²) in [6, 6.07) is 12.3. The Balaban J connectivity index is 2.37. The zero-order valence-electron chi connectivity index (χ0n) is 12.9. The second-order valence-corrected chi connectivity index (χ2v) is 5.64. The highest BCUT2D eigenvalue weighted by Gasteiger charge is 2.17. The number of nitrogens with zero attached hydrogens (tertiary/aromatic N) is 1. The summed E-state index contributed by atoms with van der Waals surface area (Å²) in [5.74, 6) is 0.361. The second-order valence-electron chi connectivity index (χ2n) is 5.64. The van der Waals surface area contributed by atoms with Crippen LogP contribution in [0.3, 0.4) is 0 Å². The van der Waals surface area contributed by atoms with Crippen LogP contribution < -0.4 is 4.90 Å². The first-order chi connectivity index (χ1) is 9.40. The lowest BCUT2D eigenvalue weighted by Crippen LogP contribution is -2.22. The van der Waals surface area contributed by atoms with Gasteiger partial charge in [0.1, 0.15) is 5.75 Å². The summed E-state index contributed by atoms with van der Waals surface area (Å²) in [5.41, 5.74) is 5.85. The van der Waals surface area contributed by atoms with Crippen molar-refractivity contribution in [3.63, 3.8) is 0 Å². The Morgan fingerprint density at radius 3 is 2.20 bits per heavy atom. The van der Waals surface area contributed by atoms with Gasteiger partial charge in [-0.15, -0.1) is 0 Å². The van der Waals surface area contributed by atoms with Gasteiger partial charge in [-0.2, -0.15) is 0 Å². The van der Waals surface area contributed by atoms with Gasteiger partial charge >= 0.3 is 0 Å². The Labute approximate surface area is 121 Å². The van der Waals surface area contributed by atoms with E-state index in [1.54, 1.807) is 6.07 Å². The molecular formula is C18H23NO. The molecule has 0 spiro atoms. The molecule has 0 radical (unpaired) electrons. The first kappa shape index (κ1) is 14.4. The number of rotatable bonds is 3. The number of anilines is 1. The average Bonchev–Trinajstić information content (AvgIpc) is 2.40. The minimum absolute atomic E-state index is 0.122. The highest BCUT2D eigenvalue weighted by atomic mass is 16.3. The fourth-order valence-electron chi connectivity index (χ4n) is 2.63. The van der Waals surface area contributed by atoms with Crippen molar-refractivity contribution in [3.05, 3.63) is 58.7 Å². The maximum absolute atomic E-state index is 10.1. The monoisotopic (exact) mass is 269 g/mol. The SMILES string of the molecule is Cc1ccc(N(C)C(C)c2cc(C)ccc2O)c(C)c1. The molecule has 0 aromatic heterocycles. The second kappa shape index (κ2) is 5.58. The minimum Gasteiger partial charge on any atom is -0.508 e. The Bertz CT molecular complexity index is 619. The molecule has 0 aliphatic carbocycles. The van der Waals surface area contributed by atoms with Gasteiger partial charge in [-0.1, -0.05) is 35.4 Å². The van der Waals surface area contributed by atoms with Gasteiger partial charge in [0.15, 0.2) is 0 Å². The van der Waals surface area contributed by atoms with Crippen molar-refractivity contribution in [1.82, 2.24) is 0 Å². The molecule has 1 unspecified atom stereocenters. The van der Waals surface area contributed by atoms with Gasteiger partial charge < -0.3 is 10.0 Å². The van der Waals surface area contributed by atoms with E-state index in [1.807, 2.05) is 13.0 Å². The zero-order chi connectivity index (χ0) is 14.9. The van der Waals surface area contributed by atoms with Crippen LogP contribution in [-0.2, 0) is 0 Å². The summed E-state index contributed by atoms with van der Waals surface area (Å²) in [6.07, 6.45) is 0. The largest absolute Gasteiger partial charge is 0.508 e. The summed E-state index contributed by atoms with van der Waals surface area (Å²) < 4.78 is 0. The number of hydrogen-bond acceptors (Lipinski definition) is 2. The third-order valence-corrected chi connectivity index (χ3v) is 3.95. The lowest BCUT2D eigenvalue weighted by atomic mass is 10.0. The molecule has 2 aromatic rings. The summed E-state index contributed by atoms with van der Waals surface area (Å²) in [7, 11) is 2.07. The average molecular weight is 269 g/mol. The Morgan fingerprint density at radius 1 is 0.950 bits per heavy atom. The van der Waals surface area contributed by atoms with E-state index < -0.39 is 0 Å². The van der Waals surface area contributed by atoms with Crippen molar-refractivity contribution in [1.29, 1.82) is 0 Å². The molecule has 1 atom stereocenters. The summed E-state index contributed by atoms with van der Waals surface area (Å²) in [4.78, 5) is 2.21. The van der Waals surface area contributed by atoms with Crippen molar-refractivity contribution < 1.29 is 5.11 Å². The van der Waals surface area contributed by atoms with E-state index in [2.05, 4.69) is 57.0 Å². The highest BCUT2D eigenvalue weighted by Crippen LogP contribution is 2.33. The van der Waals surface area contributed by atoms with Crippen LogP contribution in [0.4, 0.5) is 5.69 Å². The molecule has 2 rings (SSSR count). The molecule has 0 heterocycles. The van der Waals surface area contributed by atoms with E-state index in [9.17, 15) is 5.11 Å². The van der Waals surface area contributed by atoms with Crippen LogP contribution >= 0.6 is 0 Å². The van der Waals surface area contributed by atoms with Crippen molar-refractivity contribution in [2.75, 3.05) is 11.9 Å². The van der Waals surface area contributed by atoms with Gasteiger partial charge in [-0.3, -0.25) is 0 Å². The van der Waals surface area contributed by atoms with Gasteiger partial charge in [0, 0.05) is 18.3 Å². The highest BCUT2D eigenvalue weighted by molar-refractivity contribution is 5.56. The topological polar surface area (TPSA) is 23.5 Å². The van der Waals surface area contributed by atoms with Crippen LogP contribution in [0.1, 0.15) is 35.2 Å². The predicted molar refractivity (Wildman–Crippen MR) is 85.6 cm³/mol. The Morgan fingerprint density at radius 2 is 1.55 bits per heavy atom. The van der Waals surface area contributed by atoms with Crippen LogP contribution in [0.15, 0.2) is 36.4 Å². The number of hydrogen-bond donors (Lipinski definition) is 1. The summed E-state index contributed by atoms with van der Waals surface area (Å²) in [5, 5.41) is 10.1.